The van der Waals surface area contributed by atoms with Crippen LogP contribution in [0.15, 0.2) is 30.6 Å². The molecular formula is C16H19Cl3F3N3O. The highest BCUT2D eigenvalue weighted by atomic mass is 35.5. The van der Waals surface area contributed by atoms with Crippen molar-refractivity contribution in [2.24, 2.45) is 0 Å². The van der Waals surface area contributed by atoms with E-state index in [4.69, 9.17) is 11.6 Å². The number of fused-ring (bicyclic) bond motifs is 1. The van der Waals surface area contributed by atoms with Gasteiger partial charge in [-0.3, -0.25) is 0 Å². The summed E-state index contributed by atoms with van der Waals surface area (Å²) in [5.74, 6) is 0. The van der Waals surface area contributed by atoms with Gasteiger partial charge in [-0.25, -0.2) is 4.98 Å². The van der Waals surface area contributed by atoms with Gasteiger partial charge in [0.05, 0.1) is 40.1 Å². The molecule has 1 aromatic heterocycles. The van der Waals surface area contributed by atoms with Crippen LogP contribution in [0.4, 0.5) is 13.2 Å². The Bertz CT molecular complexity index is 764. The van der Waals surface area contributed by atoms with E-state index in [1.807, 2.05) is 12.2 Å². The van der Waals surface area contributed by atoms with Crippen LogP contribution >= 0.6 is 36.4 Å². The molecule has 1 aliphatic rings. The van der Waals surface area contributed by atoms with Crippen molar-refractivity contribution in [3.63, 3.8) is 0 Å². The first-order chi connectivity index (χ1) is 11.4. The predicted octanol–water partition coefficient (Wildman–Crippen LogP) is 4.22. The molecule has 2 heterocycles. The van der Waals surface area contributed by atoms with Gasteiger partial charge in [-0.2, -0.15) is 13.2 Å². The van der Waals surface area contributed by atoms with Crippen LogP contribution in [0.2, 0.25) is 5.02 Å². The number of aliphatic hydroxyl groups is 1. The molecule has 1 saturated heterocycles. The third kappa shape index (κ3) is 5.04. The van der Waals surface area contributed by atoms with Crippen molar-refractivity contribution in [2.45, 2.75) is 37.7 Å². The summed E-state index contributed by atoms with van der Waals surface area (Å²) in [6.07, 6.45) is 1.99. The highest BCUT2D eigenvalue weighted by Gasteiger charge is 2.31. The van der Waals surface area contributed by atoms with Gasteiger partial charge in [0, 0.05) is 6.54 Å². The van der Waals surface area contributed by atoms with E-state index in [0.717, 1.165) is 31.5 Å². The number of aromatic nitrogens is 2. The van der Waals surface area contributed by atoms with Crippen LogP contribution in [0.25, 0.3) is 11.0 Å². The second-order valence-corrected chi connectivity index (χ2v) is 6.25. The third-order valence-corrected chi connectivity index (χ3v) is 4.40. The molecule has 3 rings (SSSR count). The van der Waals surface area contributed by atoms with Gasteiger partial charge in [0.15, 0.2) is 0 Å². The number of rotatable bonds is 3. The molecule has 0 spiro atoms. The zero-order valence-corrected chi connectivity index (χ0v) is 15.9. The number of alkyl halides is 3. The average molecular weight is 433 g/mol. The lowest BCUT2D eigenvalue weighted by Gasteiger charge is -2.26. The summed E-state index contributed by atoms with van der Waals surface area (Å²) in [6, 6.07) is 1.80. The molecule has 1 aromatic carbocycles. The molecule has 2 N–H and O–H groups in total. The number of nitrogens with one attached hydrogen (secondary N) is 1. The Balaban J connectivity index is 0.00000169. The number of allylic oxidation sites excluding steroid dienone is 1. The minimum absolute atomic E-state index is 0. The molecule has 10 heteroatoms. The minimum Gasteiger partial charge on any atom is -0.391 e. The molecule has 2 atom stereocenters. The van der Waals surface area contributed by atoms with Crippen LogP contribution in [0, 0.1) is 0 Å². The number of hydrogen-bond acceptors (Lipinski definition) is 3. The molecule has 0 aliphatic carbocycles. The summed E-state index contributed by atoms with van der Waals surface area (Å²) in [5, 5.41) is 13.1. The van der Waals surface area contributed by atoms with Gasteiger partial charge >= 0.3 is 6.18 Å². The van der Waals surface area contributed by atoms with E-state index in [9.17, 15) is 18.3 Å². The lowest BCUT2D eigenvalue weighted by Crippen LogP contribution is -2.43. The lowest BCUT2D eigenvalue weighted by molar-refractivity contribution is -0.137. The number of aliphatic hydroxyl groups excluding tert-OH is 1. The van der Waals surface area contributed by atoms with Crippen LogP contribution in [0.3, 0.4) is 0 Å². The smallest absolute Gasteiger partial charge is 0.391 e. The van der Waals surface area contributed by atoms with Gasteiger partial charge in [-0.05, 0) is 31.5 Å². The highest BCUT2D eigenvalue weighted by Crippen LogP contribution is 2.34. The SMILES string of the molecule is Cl.Cl.O[C@H]1CCCN[C@@H]1/C=C/Cn1cnc2cc(C(F)(F)F)cc(Cl)c21. The van der Waals surface area contributed by atoms with Gasteiger partial charge in [-0.15, -0.1) is 24.8 Å². The Kier molecular flexibility index (Phi) is 8.23. The molecule has 0 bridgehead atoms. The molecule has 4 nitrogen and oxygen atoms in total. The van der Waals surface area contributed by atoms with E-state index in [-0.39, 0.29) is 41.4 Å². The summed E-state index contributed by atoms with van der Waals surface area (Å²) in [6.45, 7) is 1.26. The Labute approximate surface area is 166 Å². The minimum atomic E-state index is -4.45. The molecule has 146 valence electrons. The van der Waals surface area contributed by atoms with E-state index in [1.54, 1.807) is 4.57 Å². The fourth-order valence-electron chi connectivity index (χ4n) is 2.87. The first-order valence-electron chi connectivity index (χ1n) is 7.66. The zero-order chi connectivity index (χ0) is 17.3. The molecule has 26 heavy (non-hydrogen) atoms. The standard InChI is InChI=1S/C16H17ClF3N3O.2ClH/c17-11-7-10(16(18,19)20)8-13-15(11)23(9-22-13)6-2-3-12-14(24)4-1-5-21-12;;/h2-3,7-9,12,14,21,24H,1,4-6H2;2*1H/b3-2+;;/t12-,14+;;/m1../s1. The second kappa shape index (κ2) is 9.28. The Morgan fingerprint density at radius 2 is 2.08 bits per heavy atom. The van der Waals surface area contributed by atoms with Crippen molar-refractivity contribution in [1.82, 2.24) is 14.9 Å². The fourth-order valence-corrected chi connectivity index (χ4v) is 3.19. The number of piperidine rings is 1. The molecule has 0 saturated carbocycles. The van der Waals surface area contributed by atoms with Crippen molar-refractivity contribution >= 4 is 47.4 Å². The quantitative estimate of drug-likeness (QED) is 0.714. The molecular weight excluding hydrogens is 414 g/mol. The van der Waals surface area contributed by atoms with Crippen LogP contribution in [-0.2, 0) is 12.7 Å². The van der Waals surface area contributed by atoms with Gasteiger partial charge in [0.2, 0.25) is 0 Å². The summed E-state index contributed by atoms with van der Waals surface area (Å²) in [4.78, 5) is 4.01. The number of halogens is 6. The van der Waals surface area contributed by atoms with E-state index in [1.165, 1.54) is 6.33 Å². The summed E-state index contributed by atoms with van der Waals surface area (Å²) < 4.78 is 40.1. The Morgan fingerprint density at radius 3 is 2.73 bits per heavy atom. The monoisotopic (exact) mass is 431 g/mol. The molecule has 0 radical (unpaired) electrons. The van der Waals surface area contributed by atoms with Crippen molar-refractivity contribution < 1.29 is 18.3 Å². The fraction of sp³-hybridized carbons (Fsp3) is 0.438. The topological polar surface area (TPSA) is 50.1 Å². The number of nitrogens with zero attached hydrogens (tertiary/aromatic N) is 2. The molecule has 1 aliphatic heterocycles. The lowest BCUT2D eigenvalue weighted by atomic mass is 10.0. The van der Waals surface area contributed by atoms with Crippen molar-refractivity contribution in [2.75, 3.05) is 6.54 Å². The maximum absolute atomic E-state index is 12.8. The molecule has 0 amide bonds. The Morgan fingerprint density at radius 1 is 1.35 bits per heavy atom. The number of hydrogen-bond donors (Lipinski definition) is 2. The maximum Gasteiger partial charge on any atom is 0.416 e. The Hall–Kier alpha value is -0.990. The van der Waals surface area contributed by atoms with E-state index >= 15 is 0 Å². The molecule has 1 fully saturated rings. The van der Waals surface area contributed by atoms with E-state index in [2.05, 4.69) is 10.3 Å². The van der Waals surface area contributed by atoms with Gasteiger partial charge in [0.1, 0.15) is 0 Å². The van der Waals surface area contributed by atoms with E-state index < -0.39 is 17.8 Å². The summed E-state index contributed by atoms with van der Waals surface area (Å²) >= 11 is 6.03. The predicted molar refractivity (Wildman–Crippen MR) is 100 cm³/mol. The maximum atomic E-state index is 12.8. The van der Waals surface area contributed by atoms with Crippen molar-refractivity contribution in [3.8, 4) is 0 Å². The van der Waals surface area contributed by atoms with Crippen molar-refractivity contribution in [1.29, 1.82) is 0 Å². The second-order valence-electron chi connectivity index (χ2n) is 5.84. The van der Waals surface area contributed by atoms with Gasteiger partial charge in [-0.1, -0.05) is 23.8 Å². The first kappa shape index (κ1) is 23.0. The molecule has 0 unspecified atom stereocenters. The van der Waals surface area contributed by atoms with Crippen molar-refractivity contribution in [3.05, 3.63) is 41.2 Å². The third-order valence-electron chi connectivity index (χ3n) is 4.11. The van der Waals surface area contributed by atoms with Crippen LogP contribution in [-0.4, -0.2) is 33.3 Å². The number of imidazole rings is 1. The largest absolute Gasteiger partial charge is 0.416 e. The summed E-state index contributed by atoms with van der Waals surface area (Å²) in [5.41, 5.74) is -0.138. The first-order valence-corrected chi connectivity index (χ1v) is 8.04. The zero-order valence-electron chi connectivity index (χ0n) is 13.5. The summed E-state index contributed by atoms with van der Waals surface area (Å²) in [7, 11) is 0. The van der Waals surface area contributed by atoms with Crippen LogP contribution in [0.1, 0.15) is 18.4 Å². The van der Waals surface area contributed by atoms with Gasteiger partial charge in [0.25, 0.3) is 0 Å². The normalized spacial score (nSPS) is 20.8. The average Bonchev–Trinajstić information content (AvgIpc) is 2.92. The van der Waals surface area contributed by atoms with Crippen LogP contribution < -0.4 is 5.32 Å². The van der Waals surface area contributed by atoms with E-state index in [0.29, 0.717) is 12.1 Å². The number of benzene rings is 1. The highest BCUT2D eigenvalue weighted by molar-refractivity contribution is 6.35. The van der Waals surface area contributed by atoms with Crippen LogP contribution in [0.5, 0.6) is 0 Å². The van der Waals surface area contributed by atoms with Gasteiger partial charge < -0.3 is 15.0 Å². The molecule has 2 aromatic rings.